The van der Waals surface area contributed by atoms with Crippen molar-refractivity contribution in [2.75, 3.05) is 7.11 Å². The molecule has 0 saturated heterocycles. The van der Waals surface area contributed by atoms with Crippen molar-refractivity contribution in [3.05, 3.63) is 23.8 Å². The van der Waals surface area contributed by atoms with Crippen molar-refractivity contribution in [3.63, 3.8) is 0 Å². The second-order valence-corrected chi connectivity index (χ2v) is 8.87. The number of carbonyl (C=O) groups excluding carboxylic acids is 2. The van der Waals surface area contributed by atoms with Crippen molar-refractivity contribution < 1.29 is 29.3 Å². The molecule has 6 heteroatoms. The zero-order valence-electron chi connectivity index (χ0n) is 18.8. The summed E-state index contributed by atoms with van der Waals surface area (Å²) in [5.74, 6) is -0.0169. The predicted molar refractivity (Wildman–Crippen MR) is 114 cm³/mol. The lowest BCUT2D eigenvalue weighted by atomic mass is 9.66. The standard InChI is InChI=1S/C24H38O6/c1-5-15(2)24(28)30-21-8-6-7-17-10-9-16(3)20(23(17)21)12-11-18(25)13-19(26)14-22(27)29-4/h7,9-10,15-16,18-21,23,25-26H,5-6,8,11-14H2,1-4H3/t15-,16-,18+,19+,20-,21-,23?/m0/s1. The van der Waals surface area contributed by atoms with E-state index >= 15 is 0 Å². The Labute approximate surface area is 180 Å². The Kier molecular flexibility index (Phi) is 9.56. The molecule has 2 aliphatic carbocycles. The fourth-order valence-electron chi connectivity index (χ4n) is 4.56. The van der Waals surface area contributed by atoms with Gasteiger partial charge in [0.1, 0.15) is 6.10 Å². The molecule has 1 unspecified atom stereocenters. The number of hydrogen-bond acceptors (Lipinski definition) is 6. The van der Waals surface area contributed by atoms with Crippen LogP contribution in [-0.4, -0.2) is 47.6 Å². The van der Waals surface area contributed by atoms with Crippen molar-refractivity contribution in [1.29, 1.82) is 0 Å². The first-order valence-corrected chi connectivity index (χ1v) is 11.3. The van der Waals surface area contributed by atoms with Crippen LogP contribution in [0.2, 0.25) is 0 Å². The summed E-state index contributed by atoms with van der Waals surface area (Å²) in [5, 5.41) is 20.4. The molecule has 0 aromatic heterocycles. The van der Waals surface area contributed by atoms with E-state index in [-0.39, 0.29) is 42.7 Å². The number of methoxy groups -OCH3 is 1. The summed E-state index contributed by atoms with van der Waals surface area (Å²) in [5.41, 5.74) is 1.23. The molecule has 0 aromatic carbocycles. The lowest BCUT2D eigenvalue weighted by Gasteiger charge is -2.42. The van der Waals surface area contributed by atoms with Crippen LogP contribution in [0.3, 0.4) is 0 Å². The van der Waals surface area contributed by atoms with Crippen LogP contribution in [0.4, 0.5) is 0 Å². The Bertz CT molecular complexity index is 640. The highest BCUT2D eigenvalue weighted by Gasteiger charge is 2.40. The van der Waals surface area contributed by atoms with E-state index in [1.54, 1.807) is 0 Å². The van der Waals surface area contributed by atoms with Gasteiger partial charge in [0.2, 0.25) is 0 Å². The van der Waals surface area contributed by atoms with Gasteiger partial charge in [0.15, 0.2) is 0 Å². The third-order valence-electron chi connectivity index (χ3n) is 6.64. The second-order valence-electron chi connectivity index (χ2n) is 8.87. The van der Waals surface area contributed by atoms with Gasteiger partial charge in [0.25, 0.3) is 0 Å². The molecule has 0 saturated carbocycles. The highest BCUT2D eigenvalue weighted by atomic mass is 16.5. The number of aliphatic hydroxyl groups excluding tert-OH is 2. The zero-order valence-corrected chi connectivity index (χ0v) is 18.8. The molecule has 2 rings (SSSR count). The van der Waals surface area contributed by atoms with Crippen LogP contribution in [-0.2, 0) is 19.1 Å². The van der Waals surface area contributed by atoms with E-state index in [4.69, 9.17) is 4.74 Å². The van der Waals surface area contributed by atoms with Crippen molar-refractivity contribution in [2.45, 2.75) is 84.0 Å². The highest BCUT2D eigenvalue weighted by Crippen LogP contribution is 2.44. The largest absolute Gasteiger partial charge is 0.469 e. The molecule has 0 heterocycles. The summed E-state index contributed by atoms with van der Waals surface area (Å²) in [6.07, 6.45) is 8.67. The number of allylic oxidation sites excluding steroid dienone is 3. The molecular formula is C24H38O6. The Morgan fingerprint density at radius 3 is 2.67 bits per heavy atom. The fraction of sp³-hybridized carbons (Fsp3) is 0.750. The van der Waals surface area contributed by atoms with E-state index < -0.39 is 18.2 Å². The van der Waals surface area contributed by atoms with Gasteiger partial charge in [-0.2, -0.15) is 0 Å². The van der Waals surface area contributed by atoms with Gasteiger partial charge in [-0.3, -0.25) is 9.59 Å². The van der Waals surface area contributed by atoms with E-state index in [0.29, 0.717) is 12.3 Å². The molecule has 0 amide bonds. The minimum atomic E-state index is -0.912. The normalized spacial score (nSPS) is 28.7. The SMILES string of the molecule is CC[C@H](C)C(=O)O[C@H]1CCC=C2C=C[C@H](C)[C@H](CC[C@@H](O)C[C@@H](O)CC(=O)OC)C21. The van der Waals surface area contributed by atoms with Crippen LogP contribution >= 0.6 is 0 Å². The number of fused-ring (bicyclic) bond motifs is 1. The Morgan fingerprint density at radius 1 is 1.27 bits per heavy atom. The molecule has 0 spiro atoms. The first-order chi connectivity index (χ1) is 14.3. The molecular weight excluding hydrogens is 384 g/mol. The number of ether oxygens (including phenoxy) is 2. The Balaban J connectivity index is 2.01. The maximum absolute atomic E-state index is 12.4. The van der Waals surface area contributed by atoms with Crippen LogP contribution in [0.1, 0.15) is 65.7 Å². The van der Waals surface area contributed by atoms with E-state index in [9.17, 15) is 19.8 Å². The molecule has 6 nitrogen and oxygen atoms in total. The van der Waals surface area contributed by atoms with Crippen LogP contribution in [0.5, 0.6) is 0 Å². The number of carbonyl (C=O) groups is 2. The molecule has 0 aliphatic heterocycles. The third-order valence-corrected chi connectivity index (χ3v) is 6.64. The lowest BCUT2D eigenvalue weighted by molar-refractivity contribution is -0.158. The molecule has 0 bridgehead atoms. The monoisotopic (exact) mass is 422 g/mol. The van der Waals surface area contributed by atoms with E-state index in [0.717, 1.165) is 25.7 Å². The summed E-state index contributed by atoms with van der Waals surface area (Å²) in [7, 11) is 1.28. The molecule has 2 N–H and O–H groups in total. The quantitative estimate of drug-likeness (QED) is 0.523. The summed E-state index contributed by atoms with van der Waals surface area (Å²) in [6.45, 7) is 6.06. The van der Waals surface area contributed by atoms with Gasteiger partial charge >= 0.3 is 11.9 Å². The second kappa shape index (κ2) is 11.7. The van der Waals surface area contributed by atoms with Crippen molar-refractivity contribution in [1.82, 2.24) is 0 Å². The summed E-state index contributed by atoms with van der Waals surface area (Å²) in [6, 6.07) is 0. The summed E-state index contributed by atoms with van der Waals surface area (Å²) in [4.78, 5) is 23.7. The maximum Gasteiger partial charge on any atom is 0.308 e. The summed E-state index contributed by atoms with van der Waals surface area (Å²) < 4.78 is 10.5. The van der Waals surface area contributed by atoms with Crippen LogP contribution < -0.4 is 0 Å². The number of esters is 2. The number of hydrogen-bond donors (Lipinski definition) is 2. The highest BCUT2D eigenvalue weighted by molar-refractivity contribution is 5.72. The van der Waals surface area contributed by atoms with Gasteiger partial charge in [-0.25, -0.2) is 0 Å². The van der Waals surface area contributed by atoms with Gasteiger partial charge in [-0.05, 0) is 55.9 Å². The average Bonchev–Trinajstić information content (AvgIpc) is 2.72. The summed E-state index contributed by atoms with van der Waals surface area (Å²) >= 11 is 0. The molecule has 170 valence electrons. The minimum absolute atomic E-state index is 0.104. The molecule has 0 fully saturated rings. The van der Waals surface area contributed by atoms with E-state index in [2.05, 4.69) is 29.9 Å². The van der Waals surface area contributed by atoms with Crippen LogP contribution in [0, 0.1) is 23.7 Å². The fourth-order valence-corrected chi connectivity index (χ4v) is 4.56. The minimum Gasteiger partial charge on any atom is -0.469 e. The molecule has 30 heavy (non-hydrogen) atoms. The van der Waals surface area contributed by atoms with Gasteiger partial charge in [0.05, 0.1) is 31.7 Å². The van der Waals surface area contributed by atoms with Gasteiger partial charge in [-0.1, -0.05) is 39.0 Å². The number of rotatable bonds is 10. The van der Waals surface area contributed by atoms with Gasteiger partial charge < -0.3 is 19.7 Å². The third kappa shape index (κ3) is 6.67. The van der Waals surface area contributed by atoms with Crippen molar-refractivity contribution in [3.8, 4) is 0 Å². The number of aliphatic hydroxyl groups is 2. The lowest BCUT2D eigenvalue weighted by Crippen LogP contribution is -2.40. The van der Waals surface area contributed by atoms with E-state index in [1.807, 2.05) is 13.8 Å². The molecule has 0 aromatic rings. The Morgan fingerprint density at radius 2 is 2.00 bits per heavy atom. The maximum atomic E-state index is 12.4. The smallest absolute Gasteiger partial charge is 0.308 e. The van der Waals surface area contributed by atoms with Crippen molar-refractivity contribution in [2.24, 2.45) is 23.7 Å². The molecule has 7 atom stereocenters. The first-order valence-electron chi connectivity index (χ1n) is 11.3. The predicted octanol–water partition coefficient (Wildman–Crippen LogP) is 3.56. The van der Waals surface area contributed by atoms with Crippen LogP contribution in [0.15, 0.2) is 23.8 Å². The molecule has 2 aliphatic rings. The topological polar surface area (TPSA) is 93.1 Å². The molecule has 0 radical (unpaired) electrons. The average molecular weight is 423 g/mol. The zero-order chi connectivity index (χ0) is 22.3. The van der Waals surface area contributed by atoms with Crippen LogP contribution in [0.25, 0.3) is 0 Å². The van der Waals surface area contributed by atoms with Gasteiger partial charge in [-0.15, -0.1) is 0 Å². The first kappa shape index (κ1) is 24.6. The van der Waals surface area contributed by atoms with Crippen molar-refractivity contribution >= 4 is 11.9 Å². The van der Waals surface area contributed by atoms with Gasteiger partial charge in [0, 0.05) is 5.92 Å². The Hall–Kier alpha value is -1.66. The van der Waals surface area contributed by atoms with E-state index in [1.165, 1.54) is 12.7 Å².